The molecule has 0 radical (unpaired) electrons. The summed E-state index contributed by atoms with van der Waals surface area (Å²) in [5.74, 6) is -0.827. The van der Waals surface area contributed by atoms with E-state index in [-0.39, 0.29) is 23.8 Å². The molecule has 2 aromatic rings. The van der Waals surface area contributed by atoms with Gasteiger partial charge in [0.05, 0.1) is 24.0 Å². The van der Waals surface area contributed by atoms with E-state index in [1.54, 1.807) is 32.1 Å². The van der Waals surface area contributed by atoms with Crippen molar-refractivity contribution >= 4 is 5.91 Å². The number of amides is 1. The molecule has 5 heteroatoms. The molecule has 0 aromatic heterocycles. The summed E-state index contributed by atoms with van der Waals surface area (Å²) in [4.78, 5) is 15.8. The average molecular weight is 434 g/mol. The van der Waals surface area contributed by atoms with E-state index >= 15 is 0 Å². The molecule has 1 heterocycles. The van der Waals surface area contributed by atoms with Crippen LogP contribution in [0.25, 0.3) is 0 Å². The summed E-state index contributed by atoms with van der Waals surface area (Å²) in [5, 5.41) is 11.9. The Balaban J connectivity index is 1.86. The first-order chi connectivity index (χ1) is 15.5. The fraction of sp³-hybridized carbons (Fsp3) is 0.444. The first-order valence-electron chi connectivity index (χ1n) is 11.3. The van der Waals surface area contributed by atoms with Gasteiger partial charge >= 0.3 is 0 Å². The van der Waals surface area contributed by atoms with Gasteiger partial charge in [0.2, 0.25) is 5.91 Å². The Bertz CT molecular complexity index is 1010. The molecule has 0 saturated carbocycles. The summed E-state index contributed by atoms with van der Waals surface area (Å²) in [7, 11) is 3.35. The van der Waals surface area contributed by atoms with Crippen molar-refractivity contribution < 1.29 is 19.4 Å². The molecular weight excluding hydrogens is 402 g/mol. The van der Waals surface area contributed by atoms with Crippen LogP contribution in [-0.2, 0) is 19.7 Å². The molecule has 1 saturated heterocycles. The van der Waals surface area contributed by atoms with Crippen LogP contribution in [0.5, 0.6) is 0 Å². The first kappa shape index (κ1) is 21.4. The van der Waals surface area contributed by atoms with Gasteiger partial charge in [-0.2, -0.15) is 0 Å². The van der Waals surface area contributed by atoms with Crippen LogP contribution in [0.2, 0.25) is 0 Å². The zero-order valence-electron chi connectivity index (χ0n) is 19.0. The molecule has 2 aromatic carbocycles. The third kappa shape index (κ3) is 2.47. The number of benzene rings is 2. The van der Waals surface area contributed by atoms with Crippen LogP contribution in [0, 0.1) is 11.8 Å². The third-order valence-electron chi connectivity index (χ3n) is 8.07. The highest BCUT2D eigenvalue weighted by molar-refractivity contribution is 5.88. The summed E-state index contributed by atoms with van der Waals surface area (Å²) in [5.41, 5.74) is 2.54. The average Bonchev–Trinajstić information content (AvgIpc) is 3.01. The number of methoxy groups -OCH3 is 2. The van der Waals surface area contributed by atoms with Gasteiger partial charge in [0.1, 0.15) is 5.72 Å². The topological polar surface area (TPSA) is 59.0 Å². The molecule has 6 rings (SSSR count). The van der Waals surface area contributed by atoms with Gasteiger partial charge in [-0.25, -0.2) is 0 Å². The third-order valence-corrected chi connectivity index (χ3v) is 8.07. The number of aliphatic hydroxyl groups is 1. The van der Waals surface area contributed by atoms with Crippen LogP contribution in [0.3, 0.4) is 0 Å². The predicted octanol–water partition coefficient (Wildman–Crippen LogP) is 3.45. The van der Waals surface area contributed by atoms with Crippen molar-refractivity contribution in [3.8, 4) is 0 Å². The van der Waals surface area contributed by atoms with Crippen LogP contribution >= 0.6 is 0 Å². The molecule has 2 bridgehead atoms. The predicted molar refractivity (Wildman–Crippen MR) is 122 cm³/mol. The van der Waals surface area contributed by atoms with Gasteiger partial charge in [-0.3, -0.25) is 4.79 Å². The number of rotatable bonds is 7. The monoisotopic (exact) mass is 433 g/mol. The maximum absolute atomic E-state index is 14.1. The molecule has 1 N–H and O–H groups in total. The molecule has 0 spiro atoms. The number of hydrogen-bond donors (Lipinski definition) is 1. The summed E-state index contributed by atoms with van der Waals surface area (Å²) >= 11 is 0. The van der Waals surface area contributed by atoms with Crippen LogP contribution in [0.15, 0.2) is 61.2 Å². The molecule has 1 amide bonds. The molecule has 5 nitrogen and oxygen atoms in total. The van der Waals surface area contributed by atoms with Crippen molar-refractivity contribution in [3.63, 3.8) is 0 Å². The minimum atomic E-state index is -1.28. The molecule has 168 valence electrons. The molecule has 1 fully saturated rings. The summed E-state index contributed by atoms with van der Waals surface area (Å²) in [6.45, 7) is 6.40. The lowest BCUT2D eigenvalue weighted by molar-refractivity contribution is -0.146. The molecule has 4 aliphatic rings. The summed E-state index contributed by atoms with van der Waals surface area (Å²) in [6, 6.07) is 16.7. The first-order valence-corrected chi connectivity index (χ1v) is 11.3. The van der Waals surface area contributed by atoms with E-state index in [0.29, 0.717) is 19.6 Å². The minimum absolute atomic E-state index is 0.0194. The number of ether oxygens (including phenoxy) is 2. The van der Waals surface area contributed by atoms with Gasteiger partial charge in [-0.15, -0.1) is 6.58 Å². The van der Waals surface area contributed by atoms with E-state index in [4.69, 9.17) is 9.47 Å². The second kappa shape index (κ2) is 7.55. The molecule has 32 heavy (non-hydrogen) atoms. The normalized spacial score (nSPS) is 32.9. The van der Waals surface area contributed by atoms with E-state index in [2.05, 4.69) is 30.8 Å². The quantitative estimate of drug-likeness (QED) is 0.680. The molecule has 3 aliphatic carbocycles. The van der Waals surface area contributed by atoms with Gasteiger partial charge < -0.3 is 19.5 Å². The Kier molecular flexibility index (Phi) is 5.04. The standard InChI is InChI=1S/C27H31NO4/c1-5-6-15-28-25(29)24-23(26(28,2)30)22-17-11-7-9-13-19(17)27(24,21(32-4)16-31-3)20-14-10-8-12-18(20)22/h5,7-14,21-24,30H,1,6,15-16H2,2-4H3/t21-,22?,23+,24-,26+,27?/m1/s1. The Morgan fingerprint density at radius 1 is 1.12 bits per heavy atom. The smallest absolute Gasteiger partial charge is 0.229 e. The van der Waals surface area contributed by atoms with E-state index in [0.717, 1.165) is 11.1 Å². The number of carbonyl (C=O) groups excluding carboxylic acids is 1. The van der Waals surface area contributed by atoms with Crippen molar-refractivity contribution in [2.75, 3.05) is 27.4 Å². The Labute approximate surface area is 189 Å². The van der Waals surface area contributed by atoms with Crippen molar-refractivity contribution in [2.45, 2.75) is 36.5 Å². The Morgan fingerprint density at radius 2 is 1.72 bits per heavy atom. The van der Waals surface area contributed by atoms with E-state index in [9.17, 15) is 9.90 Å². The lowest BCUT2D eigenvalue weighted by Gasteiger charge is -2.58. The lowest BCUT2D eigenvalue weighted by Crippen LogP contribution is -2.62. The van der Waals surface area contributed by atoms with Crippen molar-refractivity contribution in [1.82, 2.24) is 4.90 Å². The number of nitrogens with zero attached hydrogens (tertiary/aromatic N) is 1. The highest BCUT2D eigenvalue weighted by Crippen LogP contribution is 2.68. The maximum atomic E-state index is 14.1. The molecule has 0 unspecified atom stereocenters. The van der Waals surface area contributed by atoms with Crippen molar-refractivity contribution in [2.24, 2.45) is 11.8 Å². The Morgan fingerprint density at radius 3 is 2.25 bits per heavy atom. The fourth-order valence-corrected chi connectivity index (χ4v) is 6.99. The lowest BCUT2D eigenvalue weighted by atomic mass is 9.44. The highest BCUT2D eigenvalue weighted by atomic mass is 16.5. The van der Waals surface area contributed by atoms with Crippen molar-refractivity contribution in [3.05, 3.63) is 83.4 Å². The van der Waals surface area contributed by atoms with E-state index in [1.807, 2.05) is 24.3 Å². The van der Waals surface area contributed by atoms with Crippen LogP contribution in [0.1, 0.15) is 41.5 Å². The highest BCUT2D eigenvalue weighted by Gasteiger charge is 2.72. The SMILES string of the molecule is C=CCCN1C(=O)[C@H]2[C@H](C3c4ccccc4C2([C@@H](COC)OC)c2ccccc23)[C@]1(C)O. The van der Waals surface area contributed by atoms with Crippen molar-refractivity contribution in [1.29, 1.82) is 0 Å². The minimum Gasteiger partial charge on any atom is -0.382 e. The molecule has 4 atom stereocenters. The molecular formula is C27H31NO4. The van der Waals surface area contributed by atoms with E-state index in [1.165, 1.54) is 11.1 Å². The molecule has 1 aliphatic heterocycles. The number of carbonyl (C=O) groups is 1. The summed E-state index contributed by atoms with van der Waals surface area (Å²) < 4.78 is 11.7. The summed E-state index contributed by atoms with van der Waals surface area (Å²) in [6.07, 6.45) is 2.04. The fourth-order valence-electron chi connectivity index (χ4n) is 6.99. The van der Waals surface area contributed by atoms with Gasteiger partial charge in [-0.1, -0.05) is 54.6 Å². The van der Waals surface area contributed by atoms with Gasteiger partial charge in [-0.05, 0) is 35.6 Å². The second-order valence-electron chi connectivity index (χ2n) is 9.37. The number of hydrogen-bond acceptors (Lipinski definition) is 4. The van der Waals surface area contributed by atoms with Gasteiger partial charge in [0.25, 0.3) is 0 Å². The van der Waals surface area contributed by atoms with Crippen LogP contribution < -0.4 is 0 Å². The Hall–Kier alpha value is -2.47. The van der Waals surface area contributed by atoms with Crippen LogP contribution in [0.4, 0.5) is 0 Å². The zero-order chi connectivity index (χ0) is 22.7. The van der Waals surface area contributed by atoms with Gasteiger partial charge in [0, 0.05) is 32.6 Å². The van der Waals surface area contributed by atoms with E-state index < -0.39 is 17.1 Å². The van der Waals surface area contributed by atoms with Crippen LogP contribution in [-0.4, -0.2) is 55.1 Å². The maximum Gasteiger partial charge on any atom is 0.229 e. The largest absolute Gasteiger partial charge is 0.382 e. The van der Waals surface area contributed by atoms with Gasteiger partial charge in [0.15, 0.2) is 0 Å². The zero-order valence-corrected chi connectivity index (χ0v) is 19.0. The number of likely N-dealkylation sites (tertiary alicyclic amines) is 1. The second-order valence-corrected chi connectivity index (χ2v) is 9.37.